The van der Waals surface area contributed by atoms with Crippen LogP contribution in [-0.2, 0) is 17.8 Å². The largest absolute Gasteiger partial charge is 0.397 e. The Balaban J connectivity index is 1.99. The summed E-state index contributed by atoms with van der Waals surface area (Å²) in [6, 6.07) is 13.6. The van der Waals surface area contributed by atoms with Crippen LogP contribution in [0.25, 0.3) is 0 Å². The van der Waals surface area contributed by atoms with Crippen molar-refractivity contribution in [3.8, 4) is 0 Å². The van der Waals surface area contributed by atoms with Crippen LogP contribution in [0.1, 0.15) is 11.1 Å². The number of hydrogen-bond acceptors (Lipinski definition) is 2. The van der Waals surface area contributed by atoms with Gasteiger partial charge in [-0.25, -0.2) is 0 Å². The molecule has 1 aliphatic heterocycles. The quantitative estimate of drug-likeness (QED) is 0.865. The molecule has 3 nitrogen and oxygen atoms in total. The molecule has 1 amide bonds. The Kier molecular flexibility index (Phi) is 3.03. The fraction of sp³-hybridized carbons (Fsp3) is 0.133. The molecule has 0 bridgehead atoms. The van der Waals surface area contributed by atoms with Crippen LogP contribution in [-0.4, -0.2) is 5.91 Å². The third-order valence-electron chi connectivity index (χ3n) is 3.35. The summed E-state index contributed by atoms with van der Waals surface area (Å²) in [4.78, 5) is 13.9. The molecule has 0 atom stereocenters. The Morgan fingerprint density at radius 2 is 1.95 bits per heavy atom. The van der Waals surface area contributed by atoms with Crippen molar-refractivity contribution in [2.75, 3.05) is 10.6 Å². The summed E-state index contributed by atoms with van der Waals surface area (Å²) in [7, 11) is 0. The standard InChI is InChI=1S/C15H13BrN2O/c16-12-6-2-1-4-11(12)9-18-14(19)8-10-5-3-7-13(17)15(10)18/h1-7H,8-9,17H2. The van der Waals surface area contributed by atoms with Crippen LogP contribution in [0.5, 0.6) is 0 Å². The molecule has 19 heavy (non-hydrogen) atoms. The molecule has 96 valence electrons. The van der Waals surface area contributed by atoms with Crippen molar-refractivity contribution < 1.29 is 4.79 Å². The average Bonchev–Trinajstić information content (AvgIpc) is 2.70. The minimum absolute atomic E-state index is 0.101. The van der Waals surface area contributed by atoms with E-state index in [0.717, 1.165) is 21.3 Å². The summed E-state index contributed by atoms with van der Waals surface area (Å²) in [5.74, 6) is 0.101. The molecule has 2 aromatic rings. The first-order valence-electron chi connectivity index (χ1n) is 6.08. The van der Waals surface area contributed by atoms with Crippen molar-refractivity contribution in [3.63, 3.8) is 0 Å². The molecule has 0 aromatic heterocycles. The van der Waals surface area contributed by atoms with Crippen molar-refractivity contribution in [3.05, 3.63) is 58.1 Å². The van der Waals surface area contributed by atoms with Crippen LogP contribution in [0, 0.1) is 0 Å². The summed E-state index contributed by atoms with van der Waals surface area (Å²) in [6.07, 6.45) is 0.435. The van der Waals surface area contributed by atoms with Crippen molar-refractivity contribution in [1.82, 2.24) is 0 Å². The van der Waals surface area contributed by atoms with E-state index < -0.39 is 0 Å². The van der Waals surface area contributed by atoms with E-state index in [4.69, 9.17) is 5.73 Å². The number of amides is 1. The number of benzene rings is 2. The lowest BCUT2D eigenvalue weighted by molar-refractivity contribution is -0.117. The van der Waals surface area contributed by atoms with Gasteiger partial charge in [0.1, 0.15) is 0 Å². The average molecular weight is 317 g/mol. The van der Waals surface area contributed by atoms with Gasteiger partial charge in [-0.3, -0.25) is 4.79 Å². The second-order valence-electron chi connectivity index (χ2n) is 4.60. The number of hydrogen-bond donors (Lipinski definition) is 1. The monoisotopic (exact) mass is 316 g/mol. The van der Waals surface area contributed by atoms with E-state index in [-0.39, 0.29) is 5.91 Å². The summed E-state index contributed by atoms with van der Waals surface area (Å²) in [5.41, 5.74) is 9.62. The lowest BCUT2D eigenvalue weighted by Crippen LogP contribution is -2.26. The minimum Gasteiger partial charge on any atom is -0.397 e. The Labute approximate surface area is 120 Å². The zero-order valence-electron chi connectivity index (χ0n) is 10.3. The molecular formula is C15H13BrN2O. The van der Waals surface area contributed by atoms with Crippen LogP contribution in [0.4, 0.5) is 11.4 Å². The van der Waals surface area contributed by atoms with Crippen molar-refractivity contribution >= 4 is 33.2 Å². The minimum atomic E-state index is 0.101. The fourth-order valence-corrected chi connectivity index (χ4v) is 2.84. The van der Waals surface area contributed by atoms with Crippen LogP contribution < -0.4 is 10.6 Å². The third kappa shape index (κ3) is 2.12. The molecule has 0 unspecified atom stereocenters. The summed E-state index contributed by atoms with van der Waals surface area (Å²) >= 11 is 3.51. The second-order valence-corrected chi connectivity index (χ2v) is 5.46. The number of nitrogens with two attached hydrogens (primary N) is 1. The van der Waals surface area contributed by atoms with Crippen molar-refractivity contribution in [2.45, 2.75) is 13.0 Å². The number of fused-ring (bicyclic) bond motifs is 1. The Hall–Kier alpha value is -1.81. The maximum Gasteiger partial charge on any atom is 0.231 e. The van der Waals surface area contributed by atoms with Gasteiger partial charge in [0.15, 0.2) is 0 Å². The molecule has 3 rings (SSSR count). The van der Waals surface area contributed by atoms with E-state index in [9.17, 15) is 4.79 Å². The third-order valence-corrected chi connectivity index (χ3v) is 4.12. The maximum absolute atomic E-state index is 12.2. The molecule has 1 aliphatic rings. The summed E-state index contributed by atoms with van der Waals surface area (Å²) < 4.78 is 1.01. The first-order valence-corrected chi connectivity index (χ1v) is 6.87. The van der Waals surface area contributed by atoms with Gasteiger partial charge in [0.05, 0.1) is 24.3 Å². The number of carbonyl (C=O) groups excluding carboxylic acids is 1. The maximum atomic E-state index is 12.2. The topological polar surface area (TPSA) is 46.3 Å². The van der Waals surface area contributed by atoms with Crippen molar-refractivity contribution in [2.24, 2.45) is 0 Å². The highest BCUT2D eigenvalue weighted by Gasteiger charge is 2.29. The van der Waals surface area contributed by atoms with Gasteiger partial charge in [-0.05, 0) is 23.3 Å². The number of nitrogen functional groups attached to an aromatic ring is 1. The summed E-state index contributed by atoms with van der Waals surface area (Å²) in [5, 5.41) is 0. The summed E-state index contributed by atoms with van der Waals surface area (Å²) in [6.45, 7) is 0.543. The van der Waals surface area contributed by atoms with E-state index in [1.165, 1.54) is 0 Å². The molecule has 1 heterocycles. The molecule has 4 heteroatoms. The van der Waals surface area contributed by atoms with Gasteiger partial charge >= 0.3 is 0 Å². The smallest absolute Gasteiger partial charge is 0.231 e. The van der Waals surface area contributed by atoms with Crippen LogP contribution in [0.3, 0.4) is 0 Å². The zero-order valence-corrected chi connectivity index (χ0v) is 11.9. The molecular weight excluding hydrogens is 304 g/mol. The highest BCUT2D eigenvalue weighted by atomic mass is 79.9. The Morgan fingerprint density at radius 1 is 1.16 bits per heavy atom. The van der Waals surface area contributed by atoms with E-state index >= 15 is 0 Å². The molecule has 2 aromatic carbocycles. The first-order chi connectivity index (χ1) is 9.16. The molecule has 0 saturated carbocycles. The number of rotatable bonds is 2. The second kappa shape index (κ2) is 4.70. The Bertz CT molecular complexity index is 654. The van der Waals surface area contributed by atoms with Gasteiger partial charge in [-0.15, -0.1) is 0 Å². The molecule has 0 saturated heterocycles. The highest BCUT2D eigenvalue weighted by molar-refractivity contribution is 9.10. The normalized spacial score (nSPS) is 13.7. The highest BCUT2D eigenvalue weighted by Crippen LogP contribution is 2.36. The van der Waals surface area contributed by atoms with Gasteiger partial charge in [0.25, 0.3) is 0 Å². The van der Waals surface area contributed by atoms with Gasteiger partial charge in [0.2, 0.25) is 5.91 Å². The van der Waals surface area contributed by atoms with Gasteiger partial charge < -0.3 is 10.6 Å². The predicted octanol–water partition coefficient (Wildman–Crippen LogP) is 3.12. The Morgan fingerprint density at radius 3 is 2.74 bits per heavy atom. The lowest BCUT2D eigenvalue weighted by Gasteiger charge is -2.19. The van der Waals surface area contributed by atoms with Crippen LogP contribution in [0.15, 0.2) is 46.9 Å². The number of para-hydroxylation sites is 1. The van der Waals surface area contributed by atoms with Gasteiger partial charge in [-0.1, -0.05) is 46.3 Å². The predicted molar refractivity (Wildman–Crippen MR) is 79.9 cm³/mol. The molecule has 0 spiro atoms. The SMILES string of the molecule is Nc1cccc2c1N(Cc1ccccc1Br)C(=O)C2. The zero-order chi connectivity index (χ0) is 13.4. The molecule has 0 radical (unpaired) electrons. The van der Waals surface area contributed by atoms with Gasteiger partial charge in [-0.2, -0.15) is 0 Å². The number of carbonyl (C=O) groups is 1. The number of halogens is 1. The van der Waals surface area contributed by atoms with Crippen molar-refractivity contribution in [1.29, 1.82) is 0 Å². The number of anilines is 2. The van der Waals surface area contributed by atoms with E-state index in [2.05, 4.69) is 15.9 Å². The molecule has 0 fully saturated rings. The lowest BCUT2D eigenvalue weighted by atomic mass is 10.1. The van der Waals surface area contributed by atoms with E-state index in [0.29, 0.717) is 18.7 Å². The van der Waals surface area contributed by atoms with E-state index in [1.807, 2.05) is 42.5 Å². The first kappa shape index (κ1) is 12.2. The van der Waals surface area contributed by atoms with Gasteiger partial charge in [0, 0.05) is 4.47 Å². The van der Waals surface area contributed by atoms with Crippen LogP contribution >= 0.6 is 15.9 Å². The van der Waals surface area contributed by atoms with Crippen LogP contribution in [0.2, 0.25) is 0 Å². The number of nitrogens with zero attached hydrogens (tertiary/aromatic N) is 1. The molecule has 0 aliphatic carbocycles. The fourth-order valence-electron chi connectivity index (χ4n) is 2.43. The van der Waals surface area contributed by atoms with E-state index in [1.54, 1.807) is 4.90 Å². The molecule has 2 N–H and O–H groups in total.